The molecule has 2 heterocycles. The summed E-state index contributed by atoms with van der Waals surface area (Å²) in [7, 11) is -2.00. The number of aliphatic imine (C=N–C) groups is 1. The zero-order chi connectivity index (χ0) is 20.9. The van der Waals surface area contributed by atoms with Crippen LogP contribution < -0.4 is 9.62 Å². The Labute approximate surface area is 173 Å². The van der Waals surface area contributed by atoms with Crippen molar-refractivity contribution in [2.45, 2.75) is 26.2 Å². The third-order valence-electron chi connectivity index (χ3n) is 5.46. The molecule has 29 heavy (non-hydrogen) atoms. The summed E-state index contributed by atoms with van der Waals surface area (Å²) in [6.07, 6.45) is 2.16. The van der Waals surface area contributed by atoms with E-state index in [2.05, 4.69) is 15.2 Å². The van der Waals surface area contributed by atoms with Gasteiger partial charge in [-0.15, -0.1) is 0 Å². The van der Waals surface area contributed by atoms with Crippen LogP contribution in [0.5, 0.6) is 0 Å². The highest BCUT2D eigenvalue weighted by molar-refractivity contribution is 7.92. The van der Waals surface area contributed by atoms with Gasteiger partial charge in [-0.3, -0.25) is 14.1 Å². The smallest absolute Gasteiger partial charge is 0.308 e. The van der Waals surface area contributed by atoms with E-state index in [1.165, 1.54) is 11.4 Å². The number of carbonyl (C=O) groups is 1. The number of ether oxygens (including phenoxy) is 1. The molecule has 1 aromatic carbocycles. The summed E-state index contributed by atoms with van der Waals surface area (Å²) >= 11 is 0. The summed E-state index contributed by atoms with van der Waals surface area (Å²) in [5.41, 5.74) is 1.86. The lowest BCUT2D eigenvalue weighted by Gasteiger charge is -2.33. The number of rotatable bonds is 6. The van der Waals surface area contributed by atoms with E-state index in [1.54, 1.807) is 0 Å². The molecule has 8 nitrogen and oxygen atoms in total. The Bertz CT molecular complexity index is 848. The van der Waals surface area contributed by atoms with Crippen molar-refractivity contribution in [1.82, 2.24) is 10.2 Å². The first kappa shape index (κ1) is 21.4. The molecule has 0 aliphatic carbocycles. The Kier molecular flexibility index (Phi) is 7.00. The van der Waals surface area contributed by atoms with E-state index in [0.29, 0.717) is 45.0 Å². The van der Waals surface area contributed by atoms with Crippen molar-refractivity contribution in [3.63, 3.8) is 0 Å². The summed E-state index contributed by atoms with van der Waals surface area (Å²) in [4.78, 5) is 18.3. The summed E-state index contributed by atoms with van der Waals surface area (Å²) < 4.78 is 32.0. The van der Waals surface area contributed by atoms with Crippen LogP contribution in [0.2, 0.25) is 0 Å². The van der Waals surface area contributed by atoms with E-state index >= 15 is 0 Å². The molecule has 160 valence electrons. The van der Waals surface area contributed by atoms with Gasteiger partial charge in [0.1, 0.15) is 0 Å². The molecular formula is C20H30N4O4S. The first-order valence-corrected chi connectivity index (χ1v) is 11.8. The summed E-state index contributed by atoms with van der Waals surface area (Å²) in [5.74, 6) is 0.431. The van der Waals surface area contributed by atoms with Gasteiger partial charge >= 0.3 is 5.97 Å². The zero-order valence-corrected chi connectivity index (χ0v) is 18.0. The largest absolute Gasteiger partial charge is 0.469 e. The normalized spacial score (nSPS) is 17.9. The van der Waals surface area contributed by atoms with E-state index in [-0.39, 0.29) is 24.2 Å². The van der Waals surface area contributed by atoms with E-state index < -0.39 is 10.0 Å². The van der Waals surface area contributed by atoms with Gasteiger partial charge in [0.25, 0.3) is 0 Å². The molecule has 1 saturated heterocycles. The van der Waals surface area contributed by atoms with E-state index in [4.69, 9.17) is 4.74 Å². The third kappa shape index (κ3) is 5.01. The number of nitrogens with zero attached hydrogens (tertiary/aromatic N) is 3. The maximum absolute atomic E-state index is 12.8. The van der Waals surface area contributed by atoms with Gasteiger partial charge in [-0.1, -0.05) is 18.2 Å². The van der Waals surface area contributed by atoms with Crippen molar-refractivity contribution in [2.24, 2.45) is 10.9 Å². The number of hydrogen-bond acceptors (Lipinski definition) is 5. The van der Waals surface area contributed by atoms with Crippen molar-refractivity contribution < 1.29 is 17.9 Å². The van der Waals surface area contributed by atoms with Crippen LogP contribution in [0.3, 0.4) is 0 Å². The predicted octanol–water partition coefficient (Wildman–Crippen LogP) is 1.23. The topological polar surface area (TPSA) is 91.3 Å². The maximum Gasteiger partial charge on any atom is 0.308 e. The molecule has 1 N–H and O–H groups in total. The average Bonchev–Trinajstić information content (AvgIpc) is 3.18. The lowest BCUT2D eigenvalue weighted by Crippen LogP contribution is -2.47. The summed E-state index contributed by atoms with van der Waals surface area (Å²) in [5, 5.41) is 3.23. The highest BCUT2D eigenvalue weighted by atomic mass is 32.2. The van der Waals surface area contributed by atoms with Crippen LogP contribution in [-0.4, -0.2) is 70.8 Å². The molecule has 0 atom stereocenters. The monoisotopic (exact) mass is 422 g/mol. The number of para-hydroxylation sites is 1. The number of piperidine rings is 1. The van der Waals surface area contributed by atoms with Crippen LogP contribution >= 0.6 is 0 Å². The molecule has 0 radical (unpaired) electrons. The first-order chi connectivity index (χ1) is 14.0. The Hall–Kier alpha value is -2.29. The van der Waals surface area contributed by atoms with E-state index in [9.17, 15) is 13.2 Å². The lowest BCUT2D eigenvalue weighted by molar-refractivity contribution is -0.146. The predicted molar refractivity (Wildman–Crippen MR) is 114 cm³/mol. The second kappa shape index (κ2) is 9.47. The lowest BCUT2D eigenvalue weighted by atomic mass is 9.97. The summed E-state index contributed by atoms with van der Waals surface area (Å²) in [6.45, 7) is 4.75. The van der Waals surface area contributed by atoms with Gasteiger partial charge in [0.05, 0.1) is 31.0 Å². The van der Waals surface area contributed by atoms with Crippen molar-refractivity contribution in [1.29, 1.82) is 0 Å². The van der Waals surface area contributed by atoms with Gasteiger partial charge in [0, 0.05) is 26.2 Å². The van der Waals surface area contributed by atoms with Crippen molar-refractivity contribution >= 4 is 27.6 Å². The van der Waals surface area contributed by atoms with Crippen LogP contribution in [0.25, 0.3) is 0 Å². The molecule has 0 unspecified atom stereocenters. The highest BCUT2D eigenvalue weighted by Gasteiger charge is 2.29. The second-order valence-corrected chi connectivity index (χ2v) is 9.30. The Morgan fingerprint density at radius 2 is 1.97 bits per heavy atom. The number of benzene rings is 1. The first-order valence-electron chi connectivity index (χ1n) is 10.2. The summed E-state index contributed by atoms with van der Waals surface area (Å²) in [6, 6.07) is 7.64. The molecule has 1 fully saturated rings. The van der Waals surface area contributed by atoms with Gasteiger partial charge < -0.3 is 15.0 Å². The van der Waals surface area contributed by atoms with Gasteiger partial charge in [0.2, 0.25) is 10.0 Å². The number of esters is 1. The van der Waals surface area contributed by atoms with Crippen LogP contribution in [0.15, 0.2) is 29.3 Å². The SMILES string of the molecule is CCNC(=NCCS(=O)(=O)N1CCc2ccccc21)N1CCC(C(=O)OC)CC1. The van der Waals surface area contributed by atoms with Crippen LogP contribution in [0, 0.1) is 5.92 Å². The molecule has 2 aliphatic rings. The Morgan fingerprint density at radius 3 is 2.66 bits per heavy atom. The van der Waals surface area contributed by atoms with E-state index in [0.717, 1.165) is 17.7 Å². The fourth-order valence-corrected chi connectivity index (χ4v) is 5.28. The molecule has 0 saturated carbocycles. The molecule has 0 bridgehead atoms. The van der Waals surface area contributed by atoms with Crippen molar-refractivity contribution in [2.75, 3.05) is 49.9 Å². The number of sulfonamides is 1. The standard InChI is InChI=1S/C20H30N4O4S/c1-3-21-20(23-12-8-17(9-13-23)19(25)28-2)22-11-15-29(26,27)24-14-10-16-6-4-5-7-18(16)24/h4-7,17H,3,8-15H2,1-2H3,(H,21,22). The fourth-order valence-electron chi connectivity index (χ4n) is 3.89. The molecule has 1 aromatic rings. The molecular weight excluding hydrogens is 392 g/mol. The van der Waals surface area contributed by atoms with Crippen molar-refractivity contribution in [3.8, 4) is 0 Å². The van der Waals surface area contributed by atoms with Crippen molar-refractivity contribution in [3.05, 3.63) is 29.8 Å². The van der Waals surface area contributed by atoms with Crippen LogP contribution in [0.1, 0.15) is 25.3 Å². The Morgan fingerprint density at radius 1 is 1.24 bits per heavy atom. The number of carbonyl (C=O) groups excluding carboxylic acids is 1. The molecule has 3 rings (SSSR count). The number of anilines is 1. The van der Waals surface area contributed by atoms with Crippen LogP contribution in [0.4, 0.5) is 5.69 Å². The number of nitrogens with one attached hydrogen (secondary N) is 1. The zero-order valence-electron chi connectivity index (χ0n) is 17.1. The average molecular weight is 423 g/mol. The number of hydrogen-bond donors (Lipinski definition) is 1. The fraction of sp³-hybridized carbons (Fsp3) is 0.600. The second-order valence-electron chi connectivity index (χ2n) is 7.29. The third-order valence-corrected chi connectivity index (χ3v) is 7.20. The molecule has 2 aliphatic heterocycles. The van der Waals surface area contributed by atoms with Gasteiger partial charge in [-0.05, 0) is 37.8 Å². The van der Waals surface area contributed by atoms with E-state index in [1.807, 2.05) is 31.2 Å². The van der Waals surface area contributed by atoms with Crippen LogP contribution in [-0.2, 0) is 26.0 Å². The minimum atomic E-state index is -3.42. The molecule has 0 spiro atoms. The Balaban J connectivity index is 1.60. The maximum atomic E-state index is 12.8. The minimum Gasteiger partial charge on any atom is -0.469 e. The molecule has 9 heteroatoms. The number of fused-ring (bicyclic) bond motifs is 1. The van der Waals surface area contributed by atoms with Gasteiger partial charge in [-0.2, -0.15) is 0 Å². The number of methoxy groups -OCH3 is 1. The number of guanidine groups is 1. The van der Waals surface area contributed by atoms with Gasteiger partial charge in [0.15, 0.2) is 5.96 Å². The van der Waals surface area contributed by atoms with Gasteiger partial charge in [-0.25, -0.2) is 8.42 Å². The molecule has 0 amide bonds. The minimum absolute atomic E-state index is 0.0329. The highest BCUT2D eigenvalue weighted by Crippen LogP contribution is 2.30. The quantitative estimate of drug-likeness (QED) is 0.421. The number of likely N-dealkylation sites (tertiary alicyclic amines) is 1. The molecule has 0 aromatic heterocycles.